The summed E-state index contributed by atoms with van der Waals surface area (Å²) < 4.78 is 6.67. The minimum absolute atomic E-state index is 0.0283. The molecule has 0 aromatic heterocycles. The molecule has 2 aliphatic rings. The van der Waals surface area contributed by atoms with Crippen molar-refractivity contribution in [1.29, 1.82) is 0 Å². The molecule has 20 heavy (non-hydrogen) atoms. The molecule has 0 saturated carbocycles. The molecule has 0 N–H and O–H groups in total. The molecule has 3 heteroatoms. The highest BCUT2D eigenvalue weighted by Crippen LogP contribution is 2.51. The van der Waals surface area contributed by atoms with Crippen molar-refractivity contribution in [1.82, 2.24) is 0 Å². The van der Waals surface area contributed by atoms with Gasteiger partial charge < -0.3 is 4.43 Å². The van der Waals surface area contributed by atoms with Crippen molar-refractivity contribution in [2.45, 2.75) is 71.2 Å². The van der Waals surface area contributed by atoms with Crippen molar-refractivity contribution in [2.24, 2.45) is 5.41 Å². The van der Waals surface area contributed by atoms with E-state index >= 15 is 0 Å². The number of allylic oxidation sites excluding steroid dienone is 2. The minimum atomic E-state index is -1.77. The molecule has 2 nitrogen and oxygen atoms in total. The maximum Gasteiger partial charge on any atom is 0.192 e. The molecule has 0 saturated heterocycles. The number of hydrogen-bond acceptors (Lipinski definition) is 2. The summed E-state index contributed by atoms with van der Waals surface area (Å²) in [4.78, 5) is 11.3. The van der Waals surface area contributed by atoms with Crippen molar-refractivity contribution in [3.8, 4) is 0 Å². The van der Waals surface area contributed by atoms with Crippen molar-refractivity contribution in [2.75, 3.05) is 0 Å². The van der Waals surface area contributed by atoms with Crippen molar-refractivity contribution in [3.63, 3.8) is 0 Å². The highest BCUT2D eigenvalue weighted by Gasteiger charge is 2.48. The second-order valence-corrected chi connectivity index (χ2v) is 12.7. The van der Waals surface area contributed by atoms with Crippen LogP contribution in [-0.2, 0) is 9.22 Å². The van der Waals surface area contributed by atoms with Gasteiger partial charge in [0, 0.05) is 11.0 Å². The van der Waals surface area contributed by atoms with Gasteiger partial charge in [-0.25, -0.2) is 0 Å². The van der Waals surface area contributed by atoms with Crippen molar-refractivity contribution >= 4 is 14.6 Å². The van der Waals surface area contributed by atoms with Crippen LogP contribution in [0.3, 0.4) is 0 Å². The van der Waals surface area contributed by atoms with Gasteiger partial charge in [-0.15, -0.1) is 0 Å². The summed E-state index contributed by atoms with van der Waals surface area (Å²) in [6.45, 7) is 13.7. The molecule has 112 valence electrons. The van der Waals surface area contributed by atoms with Crippen LogP contribution in [0.5, 0.6) is 0 Å². The molecular formula is C17H28O2Si. The summed E-state index contributed by atoms with van der Waals surface area (Å²) in [7, 11) is -1.77. The van der Waals surface area contributed by atoms with E-state index in [2.05, 4.69) is 52.9 Å². The van der Waals surface area contributed by atoms with Crippen LogP contribution in [0.15, 0.2) is 23.3 Å². The minimum Gasteiger partial charge on any atom is -0.413 e. The van der Waals surface area contributed by atoms with E-state index in [9.17, 15) is 4.79 Å². The highest BCUT2D eigenvalue weighted by atomic mass is 28.4. The average Bonchev–Trinajstić information content (AvgIpc) is 2.64. The second kappa shape index (κ2) is 4.95. The van der Waals surface area contributed by atoms with Gasteiger partial charge in [-0.05, 0) is 43.0 Å². The lowest BCUT2D eigenvalue weighted by Crippen LogP contribution is -2.48. The maximum absolute atomic E-state index is 11.3. The Labute approximate surface area is 124 Å². The number of aldehydes is 1. The van der Waals surface area contributed by atoms with E-state index in [1.165, 1.54) is 5.57 Å². The number of fused-ring (bicyclic) bond motifs is 1. The summed E-state index contributed by atoms with van der Waals surface area (Å²) in [5.74, 6) is 0. The third-order valence-electron chi connectivity index (χ3n) is 5.57. The zero-order valence-corrected chi connectivity index (χ0v) is 14.7. The van der Waals surface area contributed by atoms with E-state index in [1.807, 2.05) is 0 Å². The molecule has 0 radical (unpaired) electrons. The van der Waals surface area contributed by atoms with Crippen LogP contribution >= 0.6 is 0 Å². The van der Waals surface area contributed by atoms with Crippen molar-refractivity contribution in [3.05, 3.63) is 23.3 Å². The molecule has 0 bridgehead atoms. The molecule has 2 rings (SSSR count). The fourth-order valence-corrected chi connectivity index (χ4v) is 4.52. The van der Waals surface area contributed by atoms with Crippen LogP contribution in [0.1, 0.15) is 47.0 Å². The number of hydrogen-bond donors (Lipinski definition) is 0. The van der Waals surface area contributed by atoms with Gasteiger partial charge in [0.15, 0.2) is 8.32 Å². The predicted molar refractivity (Wildman–Crippen MR) is 86.3 cm³/mol. The number of rotatable bonds is 3. The average molecular weight is 292 g/mol. The first-order chi connectivity index (χ1) is 9.12. The second-order valence-electron chi connectivity index (χ2n) is 7.95. The summed E-state index contributed by atoms with van der Waals surface area (Å²) in [5.41, 5.74) is 2.14. The Morgan fingerprint density at radius 2 is 2.00 bits per heavy atom. The van der Waals surface area contributed by atoms with E-state index in [-0.39, 0.29) is 16.6 Å². The van der Waals surface area contributed by atoms with Gasteiger partial charge in [-0.3, -0.25) is 4.79 Å². The van der Waals surface area contributed by atoms with Crippen LogP contribution < -0.4 is 0 Å². The fourth-order valence-electron chi connectivity index (χ4n) is 3.09. The first-order valence-corrected chi connectivity index (χ1v) is 10.6. The Morgan fingerprint density at radius 1 is 1.35 bits per heavy atom. The van der Waals surface area contributed by atoms with Crippen LogP contribution in [0.25, 0.3) is 0 Å². The van der Waals surface area contributed by atoms with Gasteiger partial charge >= 0.3 is 0 Å². The van der Waals surface area contributed by atoms with Crippen LogP contribution in [0.4, 0.5) is 0 Å². The standard InChI is InChI=1S/C17H28O2Si/c1-16(2,3)20(5,6)19-15-10-9-14-13(12-18)8-7-11-17(14,15)4/h8-9,12,15H,7,10-11H2,1-6H3/t15-,17-/m0/s1. The third-order valence-corrected chi connectivity index (χ3v) is 10.1. The highest BCUT2D eigenvalue weighted by molar-refractivity contribution is 6.74. The number of carbonyl (C=O) groups excluding carboxylic acids is 1. The normalized spacial score (nSPS) is 30.6. The van der Waals surface area contributed by atoms with Gasteiger partial charge in [0.05, 0.1) is 6.10 Å². The lowest BCUT2D eigenvalue weighted by Gasteiger charge is -2.45. The van der Waals surface area contributed by atoms with E-state index < -0.39 is 8.32 Å². The molecule has 0 aromatic carbocycles. The number of carbonyl (C=O) groups is 1. The van der Waals surface area contributed by atoms with Crippen LogP contribution in [0.2, 0.25) is 18.1 Å². The van der Waals surface area contributed by atoms with Crippen molar-refractivity contribution < 1.29 is 9.22 Å². The fraction of sp³-hybridized carbons (Fsp3) is 0.706. The van der Waals surface area contributed by atoms with E-state index in [0.717, 1.165) is 31.1 Å². The van der Waals surface area contributed by atoms with Gasteiger partial charge in [-0.2, -0.15) is 0 Å². The first-order valence-electron chi connectivity index (χ1n) is 7.66. The Morgan fingerprint density at radius 3 is 2.55 bits per heavy atom. The zero-order valence-electron chi connectivity index (χ0n) is 13.7. The Bertz CT molecular complexity index is 468. The Balaban J connectivity index is 2.23. The van der Waals surface area contributed by atoms with Gasteiger partial charge in [0.1, 0.15) is 6.29 Å². The molecular weight excluding hydrogens is 264 g/mol. The molecule has 0 aliphatic heterocycles. The Hall–Kier alpha value is -0.673. The smallest absolute Gasteiger partial charge is 0.192 e. The quantitative estimate of drug-likeness (QED) is 0.560. The topological polar surface area (TPSA) is 26.3 Å². The monoisotopic (exact) mass is 292 g/mol. The molecule has 0 heterocycles. The SMILES string of the molecule is CC(C)(C)[Si](C)(C)O[C@H]1CC=C2C(C=O)=CCC[C@@]21C. The van der Waals surface area contributed by atoms with E-state index in [4.69, 9.17) is 4.43 Å². The van der Waals surface area contributed by atoms with E-state index in [0.29, 0.717) is 0 Å². The zero-order chi connectivity index (χ0) is 15.2. The first kappa shape index (κ1) is 15.7. The molecule has 0 amide bonds. The molecule has 2 atom stereocenters. The van der Waals surface area contributed by atoms with Crippen LogP contribution in [0, 0.1) is 5.41 Å². The summed E-state index contributed by atoms with van der Waals surface area (Å²) in [5, 5.41) is 0.226. The lowest BCUT2D eigenvalue weighted by molar-refractivity contribution is -0.104. The van der Waals surface area contributed by atoms with Crippen LogP contribution in [-0.4, -0.2) is 20.7 Å². The summed E-state index contributed by atoms with van der Waals surface area (Å²) in [6, 6.07) is 0. The molecule has 0 unspecified atom stereocenters. The molecule has 0 fully saturated rings. The lowest BCUT2D eigenvalue weighted by atomic mass is 9.71. The predicted octanol–water partition coefficient (Wildman–Crippen LogP) is 4.63. The molecule has 2 aliphatic carbocycles. The molecule has 0 aromatic rings. The summed E-state index contributed by atoms with van der Waals surface area (Å²) >= 11 is 0. The maximum atomic E-state index is 11.3. The van der Waals surface area contributed by atoms with Gasteiger partial charge in [-0.1, -0.05) is 39.8 Å². The summed E-state index contributed by atoms with van der Waals surface area (Å²) in [6.07, 6.45) is 8.59. The van der Waals surface area contributed by atoms with Gasteiger partial charge in [0.2, 0.25) is 0 Å². The van der Waals surface area contributed by atoms with E-state index in [1.54, 1.807) is 0 Å². The van der Waals surface area contributed by atoms with Gasteiger partial charge in [0.25, 0.3) is 0 Å². The third kappa shape index (κ3) is 2.46. The molecule has 0 spiro atoms. The largest absolute Gasteiger partial charge is 0.413 e. The Kier molecular flexibility index (Phi) is 3.89.